The van der Waals surface area contributed by atoms with Crippen LogP contribution < -0.4 is 0 Å². The summed E-state index contributed by atoms with van der Waals surface area (Å²) >= 11 is -0.189. The third-order valence-corrected chi connectivity index (χ3v) is 5.58. The monoisotopic (exact) mass is 414 g/mol. The zero-order valence-corrected chi connectivity index (χ0v) is 15.9. The number of carbonyl (C=O) groups excluding carboxylic acids is 2. The van der Waals surface area contributed by atoms with Gasteiger partial charge in [0.25, 0.3) is 5.91 Å². The molecule has 1 fully saturated rings. The Morgan fingerprint density at radius 1 is 1.18 bits per heavy atom. The predicted molar refractivity (Wildman–Crippen MR) is 99.5 cm³/mol. The van der Waals surface area contributed by atoms with Crippen LogP contribution in [0.1, 0.15) is 21.5 Å². The lowest BCUT2D eigenvalue weighted by Gasteiger charge is -2.34. The molecule has 9 heteroatoms. The van der Waals surface area contributed by atoms with Gasteiger partial charge in [-0.3, -0.25) is 4.79 Å². The smallest absolute Gasteiger partial charge is 0.336 e. The molecule has 0 saturated carbocycles. The van der Waals surface area contributed by atoms with Crippen molar-refractivity contribution >= 4 is 34.9 Å². The molecule has 0 N–H and O–H groups in total. The molecule has 0 spiro atoms. The molecule has 3 rings (SSSR count). The zero-order valence-electron chi connectivity index (χ0n) is 15.1. The number of halogens is 4. The van der Waals surface area contributed by atoms with E-state index in [-0.39, 0.29) is 50.5 Å². The maximum absolute atomic E-state index is 13.8. The number of nitrogens with zero attached hydrogens (tertiary/aromatic N) is 2. The number of benzene rings is 2. The van der Waals surface area contributed by atoms with Crippen molar-refractivity contribution in [2.75, 3.05) is 26.2 Å². The van der Waals surface area contributed by atoms with Gasteiger partial charge in [-0.2, -0.15) is 13.2 Å². The highest BCUT2D eigenvalue weighted by Gasteiger charge is 2.35. The molecule has 2 aromatic rings. The Morgan fingerprint density at radius 2 is 1.86 bits per heavy atom. The standard InChI is InChI=1S/C19H18F4N2O2S/c1-12-13(4-9-26)10-14-2-3-15(20)11-16(14)17(12)18(27)24-5-7-25(8-6-24)28-19(21,22)23/h2-3,9-11H,4-8H2,1H3. The number of aldehydes is 1. The molecule has 150 valence electrons. The van der Waals surface area contributed by atoms with Crippen molar-refractivity contribution in [2.45, 2.75) is 18.9 Å². The van der Waals surface area contributed by atoms with Crippen LogP contribution in [0, 0.1) is 12.7 Å². The van der Waals surface area contributed by atoms with Gasteiger partial charge in [0, 0.05) is 44.5 Å². The van der Waals surface area contributed by atoms with Crippen molar-refractivity contribution in [1.82, 2.24) is 9.21 Å². The number of hydrogen-bond acceptors (Lipinski definition) is 4. The first-order chi connectivity index (χ1) is 13.2. The molecule has 0 unspecified atom stereocenters. The number of carbonyl (C=O) groups is 2. The van der Waals surface area contributed by atoms with E-state index in [2.05, 4.69) is 0 Å². The highest BCUT2D eigenvalue weighted by Crippen LogP contribution is 2.34. The minimum atomic E-state index is -4.36. The van der Waals surface area contributed by atoms with Gasteiger partial charge in [0.1, 0.15) is 12.1 Å². The Balaban J connectivity index is 1.92. The van der Waals surface area contributed by atoms with E-state index in [0.29, 0.717) is 27.5 Å². The van der Waals surface area contributed by atoms with Crippen LogP contribution >= 0.6 is 11.9 Å². The van der Waals surface area contributed by atoms with E-state index >= 15 is 0 Å². The van der Waals surface area contributed by atoms with Crippen molar-refractivity contribution < 1.29 is 27.2 Å². The molecule has 1 aliphatic rings. The van der Waals surface area contributed by atoms with Gasteiger partial charge in [-0.05, 0) is 41.0 Å². The lowest BCUT2D eigenvalue weighted by atomic mass is 9.92. The van der Waals surface area contributed by atoms with Crippen LogP contribution in [0.3, 0.4) is 0 Å². The summed E-state index contributed by atoms with van der Waals surface area (Å²) in [5, 5.41) is 1.07. The Bertz CT molecular complexity index is 909. The average Bonchev–Trinajstić information content (AvgIpc) is 2.62. The maximum atomic E-state index is 13.8. The van der Waals surface area contributed by atoms with E-state index in [1.807, 2.05) is 0 Å². The molecule has 2 aromatic carbocycles. The summed E-state index contributed by atoms with van der Waals surface area (Å²) in [5.74, 6) is -0.854. The van der Waals surface area contributed by atoms with Gasteiger partial charge >= 0.3 is 5.51 Å². The summed E-state index contributed by atoms with van der Waals surface area (Å²) in [6, 6.07) is 5.86. The summed E-state index contributed by atoms with van der Waals surface area (Å²) in [4.78, 5) is 25.6. The van der Waals surface area contributed by atoms with Crippen molar-refractivity contribution in [3.8, 4) is 0 Å². The largest absolute Gasteiger partial charge is 0.456 e. The summed E-state index contributed by atoms with van der Waals surface area (Å²) in [6.45, 7) is 2.13. The molecule has 4 nitrogen and oxygen atoms in total. The molecule has 0 atom stereocenters. The van der Waals surface area contributed by atoms with Crippen LogP contribution in [0.2, 0.25) is 0 Å². The van der Waals surface area contributed by atoms with E-state index in [0.717, 1.165) is 6.29 Å². The lowest BCUT2D eigenvalue weighted by molar-refractivity contribution is -0.107. The zero-order chi connectivity index (χ0) is 20.5. The topological polar surface area (TPSA) is 40.6 Å². The quantitative estimate of drug-likeness (QED) is 0.432. The number of hydrogen-bond donors (Lipinski definition) is 0. The molecule has 28 heavy (non-hydrogen) atoms. The molecule has 0 aliphatic carbocycles. The van der Waals surface area contributed by atoms with Crippen LogP contribution in [-0.4, -0.2) is 53.1 Å². The fourth-order valence-electron chi connectivity index (χ4n) is 3.39. The molecule has 1 saturated heterocycles. The summed E-state index contributed by atoms with van der Waals surface area (Å²) in [5.41, 5.74) is -2.81. The van der Waals surface area contributed by atoms with E-state index in [4.69, 9.17) is 0 Å². The van der Waals surface area contributed by atoms with E-state index in [1.165, 1.54) is 21.3 Å². The summed E-state index contributed by atoms with van der Waals surface area (Å²) < 4.78 is 52.6. The molecule has 1 heterocycles. The van der Waals surface area contributed by atoms with E-state index < -0.39 is 11.3 Å². The summed E-state index contributed by atoms with van der Waals surface area (Å²) in [6.07, 6.45) is 0.856. The van der Waals surface area contributed by atoms with Crippen LogP contribution in [0.15, 0.2) is 24.3 Å². The molecular formula is C19H18F4N2O2S. The van der Waals surface area contributed by atoms with Gasteiger partial charge in [-0.15, -0.1) is 0 Å². The van der Waals surface area contributed by atoms with Crippen LogP contribution in [-0.2, 0) is 11.2 Å². The maximum Gasteiger partial charge on any atom is 0.456 e. The SMILES string of the molecule is Cc1c(CC=O)cc2ccc(F)cc2c1C(=O)N1CCN(SC(F)(F)F)CC1. The van der Waals surface area contributed by atoms with Crippen LogP contribution in [0.5, 0.6) is 0 Å². The van der Waals surface area contributed by atoms with E-state index in [1.54, 1.807) is 19.1 Å². The molecular weight excluding hydrogens is 396 g/mol. The van der Waals surface area contributed by atoms with Crippen molar-refractivity contribution in [3.05, 3.63) is 46.8 Å². The predicted octanol–water partition coefficient (Wildman–Crippen LogP) is 3.95. The first-order valence-corrected chi connectivity index (χ1v) is 9.42. The molecule has 0 radical (unpaired) electrons. The van der Waals surface area contributed by atoms with Gasteiger partial charge < -0.3 is 9.69 Å². The molecule has 0 bridgehead atoms. The van der Waals surface area contributed by atoms with Gasteiger partial charge in [0.15, 0.2) is 0 Å². The lowest BCUT2D eigenvalue weighted by Crippen LogP contribution is -2.47. The van der Waals surface area contributed by atoms with Gasteiger partial charge in [-0.25, -0.2) is 8.70 Å². The Kier molecular flexibility index (Phi) is 5.95. The average molecular weight is 414 g/mol. The van der Waals surface area contributed by atoms with Crippen molar-refractivity contribution in [1.29, 1.82) is 0 Å². The first kappa shape index (κ1) is 20.6. The number of fused-ring (bicyclic) bond motifs is 1. The minimum absolute atomic E-state index is 0.0787. The first-order valence-electron chi connectivity index (χ1n) is 8.65. The second-order valence-corrected chi connectivity index (χ2v) is 7.69. The summed E-state index contributed by atoms with van der Waals surface area (Å²) in [7, 11) is 0. The second kappa shape index (κ2) is 8.08. The molecule has 1 amide bonds. The van der Waals surface area contributed by atoms with Gasteiger partial charge in [0.05, 0.1) is 5.56 Å². The van der Waals surface area contributed by atoms with Crippen molar-refractivity contribution in [2.24, 2.45) is 0 Å². The minimum Gasteiger partial charge on any atom is -0.336 e. The number of piperazine rings is 1. The molecule has 0 aromatic heterocycles. The fourth-order valence-corrected chi connectivity index (χ4v) is 4.03. The highest BCUT2D eigenvalue weighted by molar-refractivity contribution is 7.97. The fraction of sp³-hybridized carbons (Fsp3) is 0.368. The van der Waals surface area contributed by atoms with Crippen molar-refractivity contribution in [3.63, 3.8) is 0 Å². The third-order valence-electron chi connectivity index (χ3n) is 4.75. The Morgan fingerprint density at radius 3 is 2.46 bits per heavy atom. The number of rotatable bonds is 4. The van der Waals surface area contributed by atoms with Crippen LogP contribution in [0.25, 0.3) is 10.8 Å². The molecule has 1 aliphatic heterocycles. The third kappa shape index (κ3) is 4.47. The van der Waals surface area contributed by atoms with E-state index in [9.17, 15) is 27.2 Å². The number of alkyl halides is 3. The highest BCUT2D eigenvalue weighted by atomic mass is 32.2. The van der Waals surface area contributed by atoms with Gasteiger partial charge in [-0.1, -0.05) is 12.1 Å². The number of amides is 1. The normalized spacial score (nSPS) is 15.8. The second-order valence-electron chi connectivity index (χ2n) is 6.53. The Hall–Kier alpha value is -2.13. The Labute approximate surface area is 163 Å². The van der Waals surface area contributed by atoms with Gasteiger partial charge in [0.2, 0.25) is 0 Å². The van der Waals surface area contributed by atoms with Crippen LogP contribution in [0.4, 0.5) is 17.6 Å².